The van der Waals surface area contributed by atoms with Crippen LogP contribution in [-0.2, 0) is 0 Å². The minimum absolute atomic E-state index is 0.0222. The van der Waals surface area contributed by atoms with Gasteiger partial charge in [-0.25, -0.2) is 4.39 Å². The number of primary amides is 1. The van der Waals surface area contributed by atoms with Crippen molar-refractivity contribution in [3.8, 4) is 11.8 Å². The van der Waals surface area contributed by atoms with Gasteiger partial charge in [0.1, 0.15) is 17.4 Å². The summed E-state index contributed by atoms with van der Waals surface area (Å²) in [7, 11) is 1.28. The number of ether oxygens (including phenoxy) is 1. The Morgan fingerprint density at radius 1 is 1.64 bits per heavy atom. The van der Waals surface area contributed by atoms with E-state index in [1.165, 1.54) is 19.2 Å². The molecule has 0 saturated carbocycles. The van der Waals surface area contributed by atoms with Crippen molar-refractivity contribution in [2.75, 3.05) is 7.11 Å². The average Bonchev–Trinajstić information content (AvgIpc) is 2.16. The van der Waals surface area contributed by atoms with Crippen molar-refractivity contribution in [3.63, 3.8) is 0 Å². The summed E-state index contributed by atoms with van der Waals surface area (Å²) in [6, 6.07) is 4.15. The Labute approximate surface area is 79.7 Å². The van der Waals surface area contributed by atoms with Gasteiger partial charge in [0.15, 0.2) is 5.82 Å². The summed E-state index contributed by atoms with van der Waals surface area (Å²) in [4.78, 5) is 10.9. The van der Waals surface area contributed by atoms with Crippen molar-refractivity contribution < 1.29 is 13.9 Å². The molecule has 1 aromatic rings. The fourth-order valence-corrected chi connectivity index (χ4v) is 1.04. The summed E-state index contributed by atoms with van der Waals surface area (Å²) in [5.74, 6) is -1.88. The monoisotopic (exact) mass is 194 g/mol. The van der Waals surface area contributed by atoms with Gasteiger partial charge in [-0.05, 0) is 12.1 Å². The number of nitriles is 1. The highest BCUT2D eigenvalue weighted by Gasteiger charge is 2.18. The summed E-state index contributed by atoms with van der Waals surface area (Å²) in [5.41, 5.74) is 4.31. The number of carbonyl (C=O) groups excluding carboxylic acids is 1. The van der Waals surface area contributed by atoms with Crippen LogP contribution in [-0.4, -0.2) is 13.0 Å². The average molecular weight is 194 g/mol. The number of carbonyl (C=O) groups is 1. The van der Waals surface area contributed by atoms with Gasteiger partial charge in [0.05, 0.1) is 12.7 Å². The third-order valence-corrected chi connectivity index (χ3v) is 1.69. The van der Waals surface area contributed by atoms with Crippen LogP contribution in [0.5, 0.6) is 5.75 Å². The van der Waals surface area contributed by atoms with E-state index in [2.05, 4.69) is 0 Å². The van der Waals surface area contributed by atoms with Gasteiger partial charge in [0.2, 0.25) is 0 Å². The lowest BCUT2D eigenvalue weighted by Crippen LogP contribution is -2.15. The largest absolute Gasteiger partial charge is 0.496 e. The third kappa shape index (κ3) is 1.50. The molecule has 1 amide bonds. The molecule has 0 aliphatic rings. The van der Waals surface area contributed by atoms with Gasteiger partial charge < -0.3 is 10.5 Å². The summed E-state index contributed by atoms with van der Waals surface area (Å²) >= 11 is 0. The van der Waals surface area contributed by atoms with E-state index in [-0.39, 0.29) is 11.3 Å². The maximum Gasteiger partial charge on any atom is 0.255 e. The van der Waals surface area contributed by atoms with Gasteiger partial charge in [-0.15, -0.1) is 0 Å². The Hall–Kier alpha value is -2.09. The van der Waals surface area contributed by atoms with Crippen molar-refractivity contribution in [2.45, 2.75) is 0 Å². The highest BCUT2D eigenvalue weighted by atomic mass is 19.1. The van der Waals surface area contributed by atoms with E-state index < -0.39 is 17.3 Å². The van der Waals surface area contributed by atoms with Crippen molar-refractivity contribution in [3.05, 3.63) is 29.1 Å². The second-order valence-corrected chi connectivity index (χ2v) is 2.48. The zero-order valence-electron chi connectivity index (χ0n) is 7.37. The molecule has 72 valence electrons. The molecular formula is C9H7FN2O2. The standard InChI is InChI=1S/C9H7FN2O2/c1-14-6-3-2-5(4-11)8(10)7(6)9(12)13/h2-3H,1H3,(H2,12,13). The molecule has 0 aromatic heterocycles. The molecule has 0 heterocycles. The van der Waals surface area contributed by atoms with Crippen LogP contribution in [0, 0.1) is 17.1 Å². The fourth-order valence-electron chi connectivity index (χ4n) is 1.04. The molecule has 0 radical (unpaired) electrons. The predicted molar refractivity (Wildman–Crippen MR) is 46.2 cm³/mol. The Balaban J connectivity index is 3.49. The molecule has 14 heavy (non-hydrogen) atoms. The van der Waals surface area contributed by atoms with Crippen LogP contribution in [0.3, 0.4) is 0 Å². The number of rotatable bonds is 2. The van der Waals surface area contributed by atoms with Gasteiger partial charge in [0, 0.05) is 0 Å². The Bertz CT molecular complexity index is 424. The van der Waals surface area contributed by atoms with Crippen LogP contribution in [0.1, 0.15) is 15.9 Å². The quantitative estimate of drug-likeness (QED) is 0.756. The molecule has 0 saturated heterocycles. The number of halogens is 1. The molecule has 0 spiro atoms. The first-order valence-electron chi connectivity index (χ1n) is 3.68. The highest BCUT2D eigenvalue weighted by Crippen LogP contribution is 2.23. The molecule has 0 aliphatic heterocycles. The van der Waals surface area contributed by atoms with Crippen LogP contribution in [0.2, 0.25) is 0 Å². The topological polar surface area (TPSA) is 76.1 Å². The lowest BCUT2D eigenvalue weighted by molar-refractivity contribution is 0.0993. The normalized spacial score (nSPS) is 9.21. The van der Waals surface area contributed by atoms with E-state index in [9.17, 15) is 9.18 Å². The Morgan fingerprint density at radius 3 is 2.71 bits per heavy atom. The zero-order valence-corrected chi connectivity index (χ0v) is 7.37. The number of benzene rings is 1. The van der Waals surface area contributed by atoms with Gasteiger partial charge >= 0.3 is 0 Å². The lowest BCUT2D eigenvalue weighted by Gasteiger charge is -2.06. The van der Waals surface area contributed by atoms with Crippen LogP contribution in [0.4, 0.5) is 4.39 Å². The molecule has 1 rings (SSSR count). The first-order valence-corrected chi connectivity index (χ1v) is 3.68. The van der Waals surface area contributed by atoms with Crippen molar-refractivity contribution in [1.82, 2.24) is 0 Å². The molecule has 5 heteroatoms. The van der Waals surface area contributed by atoms with Crippen LogP contribution in [0.25, 0.3) is 0 Å². The Kier molecular flexibility index (Phi) is 2.67. The third-order valence-electron chi connectivity index (χ3n) is 1.69. The van der Waals surface area contributed by atoms with Crippen LogP contribution < -0.4 is 10.5 Å². The lowest BCUT2D eigenvalue weighted by atomic mass is 10.1. The maximum absolute atomic E-state index is 13.4. The molecule has 2 N–H and O–H groups in total. The number of methoxy groups -OCH3 is 1. The number of nitrogens with two attached hydrogens (primary N) is 1. The highest BCUT2D eigenvalue weighted by molar-refractivity contribution is 5.96. The molecule has 4 nitrogen and oxygen atoms in total. The van der Waals surface area contributed by atoms with E-state index in [4.69, 9.17) is 15.7 Å². The summed E-state index contributed by atoms with van der Waals surface area (Å²) in [6.45, 7) is 0. The molecule has 0 bridgehead atoms. The fraction of sp³-hybridized carbons (Fsp3) is 0.111. The van der Waals surface area contributed by atoms with E-state index >= 15 is 0 Å². The first-order chi connectivity index (χ1) is 6.61. The van der Waals surface area contributed by atoms with Crippen molar-refractivity contribution in [2.24, 2.45) is 5.73 Å². The van der Waals surface area contributed by atoms with E-state index in [1.54, 1.807) is 6.07 Å². The number of nitrogens with zero attached hydrogens (tertiary/aromatic N) is 1. The molecule has 0 atom stereocenters. The molecule has 0 aliphatic carbocycles. The SMILES string of the molecule is COc1ccc(C#N)c(F)c1C(N)=O. The molecule has 0 unspecified atom stereocenters. The second-order valence-electron chi connectivity index (χ2n) is 2.48. The number of amides is 1. The van der Waals surface area contributed by atoms with Crippen molar-refractivity contribution >= 4 is 5.91 Å². The zero-order chi connectivity index (χ0) is 10.7. The van der Waals surface area contributed by atoms with Crippen molar-refractivity contribution in [1.29, 1.82) is 5.26 Å². The maximum atomic E-state index is 13.4. The minimum atomic E-state index is -0.962. The number of hydrogen-bond donors (Lipinski definition) is 1. The van der Waals surface area contributed by atoms with Crippen LogP contribution >= 0.6 is 0 Å². The first kappa shape index (κ1) is 9.99. The van der Waals surface area contributed by atoms with Crippen LogP contribution in [0.15, 0.2) is 12.1 Å². The van der Waals surface area contributed by atoms with Gasteiger partial charge in [-0.2, -0.15) is 5.26 Å². The van der Waals surface area contributed by atoms with Gasteiger partial charge in [-0.1, -0.05) is 0 Å². The predicted octanol–water partition coefficient (Wildman–Crippen LogP) is 0.805. The molecular weight excluding hydrogens is 187 g/mol. The molecule has 0 fully saturated rings. The summed E-state index contributed by atoms with van der Waals surface area (Å²) in [6.07, 6.45) is 0. The minimum Gasteiger partial charge on any atom is -0.496 e. The van der Waals surface area contributed by atoms with Gasteiger partial charge in [0.25, 0.3) is 5.91 Å². The smallest absolute Gasteiger partial charge is 0.255 e. The second kappa shape index (κ2) is 3.75. The Morgan fingerprint density at radius 2 is 2.29 bits per heavy atom. The number of hydrogen-bond acceptors (Lipinski definition) is 3. The summed E-state index contributed by atoms with van der Waals surface area (Å²) < 4.78 is 18.1. The van der Waals surface area contributed by atoms with Gasteiger partial charge in [-0.3, -0.25) is 4.79 Å². The van der Waals surface area contributed by atoms with E-state index in [1.807, 2.05) is 0 Å². The summed E-state index contributed by atoms with van der Waals surface area (Å²) in [5, 5.41) is 8.51. The van der Waals surface area contributed by atoms with E-state index in [0.29, 0.717) is 0 Å². The molecule has 1 aromatic carbocycles. The van der Waals surface area contributed by atoms with E-state index in [0.717, 1.165) is 0 Å².